The van der Waals surface area contributed by atoms with E-state index in [0.29, 0.717) is 23.0 Å². The van der Waals surface area contributed by atoms with E-state index in [1.165, 1.54) is 0 Å². The third-order valence-corrected chi connectivity index (χ3v) is 5.25. The second-order valence-corrected chi connectivity index (χ2v) is 7.60. The molecule has 2 aliphatic heterocycles. The van der Waals surface area contributed by atoms with Crippen LogP contribution in [0.4, 0.5) is 4.79 Å². The van der Waals surface area contributed by atoms with E-state index in [-0.39, 0.29) is 5.91 Å². The molecule has 0 saturated carbocycles. The average Bonchev–Trinajstić information content (AvgIpc) is 2.72. The molecule has 0 aromatic heterocycles. The zero-order chi connectivity index (χ0) is 18.2. The van der Waals surface area contributed by atoms with Gasteiger partial charge >= 0.3 is 6.03 Å². The lowest BCUT2D eigenvalue weighted by atomic mass is 9.91. The van der Waals surface area contributed by atoms with Crippen molar-refractivity contribution in [3.8, 4) is 0 Å². The van der Waals surface area contributed by atoms with Crippen LogP contribution in [0.5, 0.6) is 0 Å². The van der Waals surface area contributed by atoms with Crippen LogP contribution in [-0.4, -0.2) is 35.8 Å². The van der Waals surface area contributed by atoms with E-state index in [2.05, 4.69) is 24.5 Å². The molecule has 25 heavy (non-hydrogen) atoms. The predicted molar refractivity (Wildman–Crippen MR) is 93.9 cm³/mol. The summed E-state index contributed by atoms with van der Waals surface area (Å²) >= 11 is 0. The van der Waals surface area contributed by atoms with E-state index in [1.54, 1.807) is 31.2 Å². The second kappa shape index (κ2) is 6.50. The number of imide groups is 1. The fourth-order valence-corrected chi connectivity index (χ4v) is 3.80. The summed E-state index contributed by atoms with van der Waals surface area (Å²) in [4.78, 5) is 38.5. The standard InChI is InChI=1S/C19H25N3O3/c1-12-7-8-22(11-13(2)9-12)16(23)14-5-4-6-15(10-14)19(3)17(24)20-18(25)21-19/h4-6,10,12-13H,7-9,11H2,1-3H3,(H2,20,21,24,25). The van der Waals surface area contributed by atoms with Crippen LogP contribution in [-0.2, 0) is 10.3 Å². The van der Waals surface area contributed by atoms with Gasteiger partial charge in [0.05, 0.1) is 0 Å². The molecular weight excluding hydrogens is 318 g/mol. The van der Waals surface area contributed by atoms with E-state index in [1.807, 2.05) is 4.90 Å². The number of nitrogens with zero attached hydrogens (tertiary/aromatic N) is 1. The van der Waals surface area contributed by atoms with Crippen molar-refractivity contribution < 1.29 is 14.4 Å². The quantitative estimate of drug-likeness (QED) is 0.809. The van der Waals surface area contributed by atoms with Crippen molar-refractivity contribution in [2.75, 3.05) is 13.1 Å². The van der Waals surface area contributed by atoms with E-state index < -0.39 is 17.5 Å². The highest BCUT2D eigenvalue weighted by molar-refractivity contribution is 6.07. The Morgan fingerprint density at radius 3 is 2.68 bits per heavy atom. The number of nitrogens with one attached hydrogen (secondary N) is 2. The average molecular weight is 343 g/mol. The summed E-state index contributed by atoms with van der Waals surface area (Å²) in [5.41, 5.74) is 0.0147. The third-order valence-electron chi connectivity index (χ3n) is 5.25. The molecule has 0 aliphatic carbocycles. The molecular formula is C19H25N3O3. The van der Waals surface area contributed by atoms with Gasteiger partial charge in [-0.2, -0.15) is 0 Å². The molecule has 1 aromatic rings. The Balaban J connectivity index is 1.85. The Morgan fingerprint density at radius 2 is 2.00 bits per heavy atom. The highest BCUT2D eigenvalue weighted by Gasteiger charge is 2.43. The number of likely N-dealkylation sites (tertiary alicyclic amines) is 1. The normalized spacial score (nSPS) is 29.8. The van der Waals surface area contributed by atoms with Gasteiger partial charge in [-0.3, -0.25) is 14.9 Å². The summed E-state index contributed by atoms with van der Waals surface area (Å²) in [6, 6.07) is 6.49. The van der Waals surface area contributed by atoms with Gasteiger partial charge in [-0.1, -0.05) is 26.0 Å². The lowest BCUT2D eigenvalue weighted by molar-refractivity contribution is -0.123. The lowest BCUT2D eigenvalue weighted by Gasteiger charge is -2.25. The van der Waals surface area contributed by atoms with Crippen molar-refractivity contribution >= 4 is 17.8 Å². The number of hydrogen-bond donors (Lipinski definition) is 2. The first-order valence-corrected chi connectivity index (χ1v) is 8.83. The molecule has 3 atom stereocenters. The van der Waals surface area contributed by atoms with Crippen LogP contribution in [0, 0.1) is 11.8 Å². The predicted octanol–water partition coefficient (Wildman–Crippen LogP) is 2.25. The van der Waals surface area contributed by atoms with Crippen molar-refractivity contribution in [2.45, 2.75) is 39.2 Å². The minimum Gasteiger partial charge on any atom is -0.338 e. The van der Waals surface area contributed by atoms with Crippen LogP contribution in [0.15, 0.2) is 24.3 Å². The van der Waals surface area contributed by atoms with Gasteiger partial charge in [-0.25, -0.2) is 4.79 Å². The van der Waals surface area contributed by atoms with Gasteiger partial charge in [-0.15, -0.1) is 0 Å². The smallest absolute Gasteiger partial charge is 0.322 e. The molecule has 4 amide bonds. The number of rotatable bonds is 2. The second-order valence-electron chi connectivity index (χ2n) is 7.60. The molecule has 3 rings (SSSR count). The SMILES string of the molecule is CC1CCN(C(=O)c2cccc(C3(C)NC(=O)NC3=O)c2)CC(C)C1. The first kappa shape index (κ1) is 17.5. The molecule has 6 nitrogen and oxygen atoms in total. The van der Waals surface area contributed by atoms with Gasteiger partial charge in [0.1, 0.15) is 5.54 Å². The summed E-state index contributed by atoms with van der Waals surface area (Å²) in [6.45, 7) is 7.56. The molecule has 6 heteroatoms. The minimum absolute atomic E-state index is 0.0175. The van der Waals surface area contributed by atoms with Crippen molar-refractivity contribution in [1.82, 2.24) is 15.5 Å². The monoisotopic (exact) mass is 343 g/mol. The molecule has 2 N–H and O–H groups in total. The Morgan fingerprint density at radius 1 is 1.24 bits per heavy atom. The zero-order valence-electron chi connectivity index (χ0n) is 15.0. The molecule has 134 valence electrons. The van der Waals surface area contributed by atoms with Gasteiger partial charge in [0, 0.05) is 18.7 Å². The summed E-state index contributed by atoms with van der Waals surface area (Å²) in [7, 11) is 0. The summed E-state index contributed by atoms with van der Waals surface area (Å²) < 4.78 is 0. The van der Waals surface area contributed by atoms with Crippen LogP contribution in [0.2, 0.25) is 0 Å². The van der Waals surface area contributed by atoms with Gasteiger partial charge < -0.3 is 10.2 Å². The minimum atomic E-state index is -1.14. The fourth-order valence-electron chi connectivity index (χ4n) is 3.80. The van der Waals surface area contributed by atoms with E-state index >= 15 is 0 Å². The van der Waals surface area contributed by atoms with Gasteiger partial charge in [0.25, 0.3) is 11.8 Å². The largest absolute Gasteiger partial charge is 0.338 e. The Bertz CT molecular complexity index is 718. The van der Waals surface area contributed by atoms with Crippen LogP contribution in [0.3, 0.4) is 0 Å². The third kappa shape index (κ3) is 3.38. The van der Waals surface area contributed by atoms with Crippen molar-refractivity contribution in [3.05, 3.63) is 35.4 Å². The summed E-state index contributed by atoms with van der Waals surface area (Å²) in [5.74, 6) is 0.674. The first-order valence-electron chi connectivity index (χ1n) is 8.83. The number of carbonyl (C=O) groups is 3. The van der Waals surface area contributed by atoms with E-state index in [0.717, 1.165) is 25.9 Å². The lowest BCUT2D eigenvalue weighted by Crippen LogP contribution is -2.41. The molecule has 0 spiro atoms. The fraction of sp³-hybridized carbons (Fsp3) is 0.526. The van der Waals surface area contributed by atoms with Gasteiger partial charge in [-0.05, 0) is 49.3 Å². The maximum Gasteiger partial charge on any atom is 0.322 e. The maximum absolute atomic E-state index is 13.0. The van der Waals surface area contributed by atoms with Gasteiger partial charge in [0.15, 0.2) is 0 Å². The van der Waals surface area contributed by atoms with E-state index in [9.17, 15) is 14.4 Å². The van der Waals surface area contributed by atoms with Crippen LogP contribution in [0.25, 0.3) is 0 Å². The van der Waals surface area contributed by atoms with Crippen LogP contribution < -0.4 is 10.6 Å². The highest BCUT2D eigenvalue weighted by atomic mass is 16.2. The summed E-state index contributed by atoms with van der Waals surface area (Å²) in [6.07, 6.45) is 2.14. The molecule has 0 bridgehead atoms. The van der Waals surface area contributed by atoms with E-state index in [4.69, 9.17) is 0 Å². The molecule has 3 unspecified atom stereocenters. The number of carbonyl (C=O) groups excluding carboxylic acids is 3. The number of benzene rings is 1. The molecule has 2 saturated heterocycles. The Labute approximate surface area is 148 Å². The first-order chi connectivity index (χ1) is 11.8. The molecule has 0 radical (unpaired) electrons. The van der Waals surface area contributed by atoms with Crippen LogP contribution >= 0.6 is 0 Å². The molecule has 1 aromatic carbocycles. The Kier molecular flexibility index (Phi) is 4.54. The van der Waals surface area contributed by atoms with Crippen molar-refractivity contribution in [3.63, 3.8) is 0 Å². The molecule has 2 fully saturated rings. The van der Waals surface area contributed by atoms with Crippen molar-refractivity contribution in [2.24, 2.45) is 11.8 Å². The van der Waals surface area contributed by atoms with Crippen molar-refractivity contribution in [1.29, 1.82) is 0 Å². The van der Waals surface area contributed by atoms with Gasteiger partial charge in [0.2, 0.25) is 0 Å². The molecule has 2 aliphatic rings. The number of hydrogen-bond acceptors (Lipinski definition) is 3. The highest BCUT2D eigenvalue weighted by Crippen LogP contribution is 2.27. The summed E-state index contributed by atoms with van der Waals surface area (Å²) in [5, 5.41) is 4.89. The number of amides is 4. The zero-order valence-corrected chi connectivity index (χ0v) is 15.0. The molecule has 2 heterocycles. The topological polar surface area (TPSA) is 78.5 Å². The van der Waals surface area contributed by atoms with Crippen LogP contribution in [0.1, 0.15) is 49.5 Å². The Hall–Kier alpha value is -2.37. The maximum atomic E-state index is 13.0. The number of urea groups is 1.